The molecule has 0 saturated heterocycles. The molecule has 125 valence electrons. The number of carbonyl (C=O) groups is 1. The molecule has 1 radical (unpaired) electrons. The van der Waals surface area contributed by atoms with Crippen LogP contribution in [0.1, 0.15) is 12.5 Å². The fourth-order valence-electron chi connectivity index (χ4n) is 1.80. The van der Waals surface area contributed by atoms with Crippen molar-refractivity contribution in [2.75, 3.05) is 0 Å². The van der Waals surface area contributed by atoms with Gasteiger partial charge in [0.15, 0.2) is 0 Å². The third-order valence-corrected chi connectivity index (χ3v) is 4.28. The van der Waals surface area contributed by atoms with Crippen LogP contribution in [0.5, 0.6) is 5.75 Å². The van der Waals surface area contributed by atoms with Gasteiger partial charge in [0.05, 0.1) is 10.6 Å². The van der Waals surface area contributed by atoms with E-state index < -0.39 is 16.1 Å². The third-order valence-electron chi connectivity index (χ3n) is 2.95. The summed E-state index contributed by atoms with van der Waals surface area (Å²) in [6.45, 7) is 1.91. The topological polar surface area (TPSA) is 81.7 Å². The molecule has 2 aromatic carbocycles. The lowest BCUT2D eigenvalue weighted by Gasteiger charge is -2.09. The predicted octanol–water partition coefficient (Wildman–Crippen LogP) is 2.74. The molecule has 0 aliphatic rings. The summed E-state index contributed by atoms with van der Waals surface area (Å²) in [4.78, 5) is 11.6. The van der Waals surface area contributed by atoms with E-state index in [1.165, 1.54) is 24.3 Å². The van der Waals surface area contributed by atoms with Crippen LogP contribution in [0.25, 0.3) is 0 Å². The van der Waals surface area contributed by atoms with Gasteiger partial charge in [0.2, 0.25) is 0 Å². The molecule has 0 heterocycles. The number of amides is 1. The fourth-order valence-corrected chi connectivity index (χ4v) is 2.69. The Morgan fingerprint density at radius 2 is 1.75 bits per heavy atom. The summed E-state index contributed by atoms with van der Waals surface area (Å²) in [5.41, 5.74) is 0.763. The van der Waals surface area contributed by atoms with Crippen LogP contribution in [0.15, 0.2) is 59.5 Å². The minimum Gasteiger partial charge on any atom is -0.563 e. The van der Waals surface area contributed by atoms with Gasteiger partial charge in [-0.25, -0.2) is 17.9 Å². The summed E-state index contributed by atoms with van der Waals surface area (Å²) in [7, 11) is -2.39. The molecule has 2 aromatic rings. The number of hydrogen-bond donors (Lipinski definition) is 1. The van der Waals surface area contributed by atoms with Crippen LogP contribution >= 0.6 is 0 Å². The van der Waals surface area contributed by atoms with Gasteiger partial charge < -0.3 is 9.39 Å². The number of ether oxygens (including phenoxy) is 1. The molecule has 8 heteroatoms. The van der Waals surface area contributed by atoms with Crippen molar-refractivity contribution in [1.29, 1.82) is 0 Å². The van der Waals surface area contributed by atoms with Gasteiger partial charge in [0.1, 0.15) is 6.61 Å². The van der Waals surface area contributed by atoms with Crippen LogP contribution in [0.4, 0.5) is 4.79 Å². The third kappa shape index (κ3) is 5.31. The Morgan fingerprint density at radius 3 is 2.38 bits per heavy atom. The zero-order valence-corrected chi connectivity index (χ0v) is 14.0. The van der Waals surface area contributed by atoms with Gasteiger partial charge in [0, 0.05) is 0 Å². The van der Waals surface area contributed by atoms with E-state index in [-0.39, 0.29) is 11.5 Å². The van der Waals surface area contributed by atoms with Crippen molar-refractivity contribution in [3.8, 4) is 5.75 Å². The lowest BCUT2D eigenvalue weighted by molar-refractivity contribution is 0.146. The van der Waals surface area contributed by atoms with E-state index in [1.807, 2.05) is 17.7 Å². The first-order chi connectivity index (χ1) is 11.5. The van der Waals surface area contributed by atoms with E-state index in [1.54, 1.807) is 31.7 Å². The maximum absolute atomic E-state index is 12.1. The van der Waals surface area contributed by atoms with E-state index in [9.17, 15) is 13.2 Å². The van der Waals surface area contributed by atoms with Crippen molar-refractivity contribution in [3.05, 3.63) is 60.2 Å². The molecule has 1 amide bonds. The second kappa shape index (κ2) is 8.40. The van der Waals surface area contributed by atoms with Gasteiger partial charge in [-0.05, 0) is 36.1 Å². The Hall–Kier alpha value is -2.48. The van der Waals surface area contributed by atoms with Crippen molar-refractivity contribution in [1.82, 2.24) is 4.72 Å². The van der Waals surface area contributed by atoms with E-state index in [4.69, 9.17) is 9.39 Å². The van der Waals surface area contributed by atoms with Gasteiger partial charge >= 0.3 is 13.6 Å². The number of nitrogens with one attached hydrogen (secondary N) is 1. The largest absolute Gasteiger partial charge is 0.563 e. The maximum Gasteiger partial charge on any atom is 0.421 e. The van der Waals surface area contributed by atoms with E-state index in [2.05, 4.69) is 0 Å². The lowest BCUT2D eigenvalue weighted by atomic mass is 9.97. The second-order valence-corrected chi connectivity index (χ2v) is 6.51. The summed E-state index contributed by atoms with van der Waals surface area (Å²) in [6, 6.07) is 14.7. The first-order valence-electron chi connectivity index (χ1n) is 7.33. The molecule has 0 aliphatic carbocycles. The molecule has 2 rings (SSSR count). The summed E-state index contributed by atoms with van der Waals surface area (Å²) in [6.07, 6.45) is -0.298. The zero-order chi connectivity index (χ0) is 17.4. The highest BCUT2D eigenvalue weighted by Crippen LogP contribution is 2.16. The molecule has 0 spiro atoms. The number of sulfonamides is 1. The molecule has 0 bridgehead atoms. The highest BCUT2D eigenvalue weighted by Gasteiger charge is 2.18. The molecule has 0 aromatic heterocycles. The first-order valence-corrected chi connectivity index (χ1v) is 8.81. The molecule has 0 unspecified atom stereocenters. The Balaban J connectivity index is 1.93. The summed E-state index contributed by atoms with van der Waals surface area (Å²) >= 11 is 0. The van der Waals surface area contributed by atoms with Gasteiger partial charge in [-0.1, -0.05) is 37.3 Å². The van der Waals surface area contributed by atoms with Crippen molar-refractivity contribution < 1.29 is 22.6 Å². The van der Waals surface area contributed by atoms with Gasteiger partial charge in [-0.3, -0.25) is 0 Å². The fraction of sp³-hybridized carbons (Fsp3) is 0.188. The molecular formula is C16H17BNO5S. The van der Waals surface area contributed by atoms with Crippen molar-refractivity contribution in [3.63, 3.8) is 0 Å². The number of benzene rings is 2. The molecule has 0 saturated carbocycles. The second-order valence-electron chi connectivity index (χ2n) is 4.83. The zero-order valence-electron chi connectivity index (χ0n) is 13.1. The summed E-state index contributed by atoms with van der Waals surface area (Å²) < 4.78 is 36.3. The SMILES string of the molecule is CC[B]Oc1ccc(S(=O)(=O)NC(=O)OCc2ccccc2)cc1. The average Bonchev–Trinajstić information content (AvgIpc) is 2.59. The highest BCUT2D eigenvalue weighted by molar-refractivity contribution is 7.90. The number of rotatable bonds is 7. The standard InChI is InChI=1S/C16H17BNO5S/c1-2-17-23-14-8-10-15(11-9-14)24(20,21)18-16(19)22-12-13-6-4-3-5-7-13/h3-11H,2,12H2,1H3,(H,18,19). The number of carbonyl (C=O) groups excluding carboxylic acids is 1. The van der Waals surface area contributed by atoms with Crippen LogP contribution < -0.4 is 9.38 Å². The molecule has 24 heavy (non-hydrogen) atoms. The summed E-state index contributed by atoms with van der Waals surface area (Å²) in [5, 5.41) is 0. The molecule has 6 nitrogen and oxygen atoms in total. The molecule has 1 N–H and O–H groups in total. The normalized spacial score (nSPS) is 10.7. The molecular weight excluding hydrogens is 329 g/mol. The minimum absolute atomic E-state index is 0.0121. The molecule has 0 aliphatic heterocycles. The first kappa shape index (κ1) is 17.9. The summed E-state index contributed by atoms with van der Waals surface area (Å²) in [5.74, 6) is 0.516. The number of hydrogen-bond acceptors (Lipinski definition) is 5. The van der Waals surface area contributed by atoms with Gasteiger partial charge in [-0.15, -0.1) is 0 Å². The smallest absolute Gasteiger partial charge is 0.421 e. The van der Waals surface area contributed by atoms with Gasteiger partial charge in [0.25, 0.3) is 10.0 Å². The predicted molar refractivity (Wildman–Crippen MR) is 90.3 cm³/mol. The van der Waals surface area contributed by atoms with E-state index in [0.29, 0.717) is 5.75 Å². The van der Waals surface area contributed by atoms with E-state index in [0.717, 1.165) is 11.9 Å². The Labute approximate surface area is 142 Å². The maximum atomic E-state index is 12.1. The highest BCUT2D eigenvalue weighted by atomic mass is 32.2. The molecule has 0 fully saturated rings. The Kier molecular flexibility index (Phi) is 6.25. The van der Waals surface area contributed by atoms with Crippen LogP contribution in [0.2, 0.25) is 6.32 Å². The van der Waals surface area contributed by atoms with Crippen LogP contribution in [0.3, 0.4) is 0 Å². The van der Waals surface area contributed by atoms with Crippen LogP contribution in [0, 0.1) is 0 Å². The van der Waals surface area contributed by atoms with Gasteiger partial charge in [-0.2, -0.15) is 0 Å². The lowest BCUT2D eigenvalue weighted by Crippen LogP contribution is -2.31. The average molecular weight is 346 g/mol. The van der Waals surface area contributed by atoms with Crippen LogP contribution in [-0.2, 0) is 21.4 Å². The Bertz CT molecular complexity index is 763. The van der Waals surface area contributed by atoms with Crippen molar-refractivity contribution >= 4 is 23.6 Å². The quantitative estimate of drug-likeness (QED) is 0.780. The monoisotopic (exact) mass is 346 g/mol. The minimum atomic E-state index is -3.99. The van der Waals surface area contributed by atoms with Crippen LogP contribution in [-0.4, -0.2) is 22.0 Å². The molecule has 0 atom stereocenters. The Morgan fingerprint density at radius 1 is 1.08 bits per heavy atom. The van der Waals surface area contributed by atoms with Crippen molar-refractivity contribution in [2.45, 2.75) is 24.7 Å². The van der Waals surface area contributed by atoms with E-state index >= 15 is 0 Å². The van der Waals surface area contributed by atoms with Crippen molar-refractivity contribution in [2.24, 2.45) is 0 Å².